The molecule has 2 saturated heterocycles. The van der Waals surface area contributed by atoms with Crippen molar-refractivity contribution in [3.63, 3.8) is 0 Å². The lowest BCUT2D eigenvalue weighted by Crippen LogP contribution is -2.44. The second-order valence-electron chi connectivity index (χ2n) is 10.0. The third kappa shape index (κ3) is 5.98. The average Bonchev–Trinajstić information content (AvgIpc) is 2.86. The lowest BCUT2D eigenvalue weighted by Gasteiger charge is -2.32. The van der Waals surface area contributed by atoms with Gasteiger partial charge < -0.3 is 16.0 Å². The molecular formula is C25H38N4O4S. The van der Waals surface area contributed by atoms with Crippen LogP contribution in [-0.2, 0) is 32.5 Å². The summed E-state index contributed by atoms with van der Waals surface area (Å²) in [5, 5.41) is 3.02. The first kappa shape index (κ1) is 25.1. The molecule has 1 unspecified atom stereocenters. The van der Waals surface area contributed by atoms with Crippen LogP contribution in [0.15, 0.2) is 23.1 Å². The number of nitrogens with one attached hydrogen (secondary N) is 1. The molecule has 9 heteroatoms. The van der Waals surface area contributed by atoms with E-state index < -0.39 is 10.0 Å². The van der Waals surface area contributed by atoms with E-state index >= 15 is 0 Å². The zero-order valence-electron chi connectivity index (χ0n) is 20.0. The summed E-state index contributed by atoms with van der Waals surface area (Å²) >= 11 is 0. The van der Waals surface area contributed by atoms with Gasteiger partial charge in [0.25, 0.3) is 0 Å². The van der Waals surface area contributed by atoms with Crippen LogP contribution in [0.25, 0.3) is 0 Å². The summed E-state index contributed by atoms with van der Waals surface area (Å²) in [6.07, 6.45) is 8.02. The Balaban J connectivity index is 1.20. The predicted molar refractivity (Wildman–Crippen MR) is 131 cm³/mol. The van der Waals surface area contributed by atoms with E-state index in [0.717, 1.165) is 57.2 Å². The van der Waals surface area contributed by atoms with Crippen LogP contribution in [0.4, 0.5) is 0 Å². The molecule has 8 nitrogen and oxygen atoms in total. The molecule has 0 radical (unpaired) electrons. The van der Waals surface area contributed by atoms with Gasteiger partial charge in [0.1, 0.15) is 0 Å². The highest BCUT2D eigenvalue weighted by atomic mass is 32.2. The molecule has 0 bridgehead atoms. The number of sulfonamides is 1. The molecular weight excluding hydrogens is 452 g/mol. The van der Waals surface area contributed by atoms with Gasteiger partial charge in [0.15, 0.2) is 0 Å². The maximum absolute atomic E-state index is 13.2. The van der Waals surface area contributed by atoms with Gasteiger partial charge in [0.2, 0.25) is 21.8 Å². The Kier molecular flexibility index (Phi) is 8.26. The van der Waals surface area contributed by atoms with Gasteiger partial charge in [-0.05, 0) is 94.1 Å². The fourth-order valence-corrected chi connectivity index (χ4v) is 7.05. The fraction of sp³-hybridized carbons (Fsp3) is 0.680. The van der Waals surface area contributed by atoms with Crippen molar-refractivity contribution in [3.8, 4) is 0 Å². The van der Waals surface area contributed by atoms with Crippen molar-refractivity contribution in [2.24, 2.45) is 17.6 Å². The van der Waals surface area contributed by atoms with E-state index in [9.17, 15) is 18.0 Å². The van der Waals surface area contributed by atoms with Crippen molar-refractivity contribution in [2.45, 2.75) is 62.7 Å². The highest BCUT2D eigenvalue weighted by Gasteiger charge is 2.32. The normalized spacial score (nSPS) is 22.8. The quantitative estimate of drug-likeness (QED) is 0.538. The summed E-state index contributed by atoms with van der Waals surface area (Å²) in [6.45, 7) is 3.85. The maximum atomic E-state index is 13.2. The molecule has 0 saturated carbocycles. The smallest absolute Gasteiger partial charge is 0.243 e. The largest absolute Gasteiger partial charge is 0.369 e. The zero-order chi connectivity index (χ0) is 24.1. The summed E-state index contributed by atoms with van der Waals surface area (Å²) < 4.78 is 27.9. The average molecular weight is 491 g/mol. The Bertz CT molecular complexity index is 989. The molecule has 3 N–H and O–H groups in total. The predicted octanol–water partition coefficient (Wildman–Crippen LogP) is 1.67. The van der Waals surface area contributed by atoms with Crippen molar-refractivity contribution < 1.29 is 18.0 Å². The molecule has 0 spiro atoms. The number of benzene rings is 1. The fourth-order valence-electron chi connectivity index (χ4n) is 5.53. The first-order valence-electron chi connectivity index (χ1n) is 12.8. The Hall–Kier alpha value is -1.97. The maximum Gasteiger partial charge on any atom is 0.243 e. The molecule has 188 valence electrons. The lowest BCUT2D eigenvalue weighted by molar-refractivity contribution is -0.126. The number of hydrogen-bond acceptors (Lipinski definition) is 5. The van der Waals surface area contributed by atoms with Crippen LogP contribution in [0.5, 0.6) is 0 Å². The number of aryl methyl sites for hydroxylation is 2. The molecule has 4 rings (SSSR count). The number of nitrogens with two attached hydrogens (primary N) is 1. The van der Waals surface area contributed by atoms with Crippen molar-refractivity contribution in [3.05, 3.63) is 29.3 Å². The van der Waals surface area contributed by atoms with Crippen LogP contribution in [0.2, 0.25) is 0 Å². The number of likely N-dealkylation sites (tertiary alicyclic amines) is 1. The molecule has 1 aromatic rings. The van der Waals surface area contributed by atoms with E-state index in [4.69, 9.17) is 5.73 Å². The van der Waals surface area contributed by atoms with Crippen LogP contribution >= 0.6 is 0 Å². The number of amides is 2. The van der Waals surface area contributed by atoms with Crippen LogP contribution in [0.3, 0.4) is 0 Å². The van der Waals surface area contributed by atoms with E-state index in [1.54, 1.807) is 6.07 Å². The van der Waals surface area contributed by atoms with Gasteiger partial charge in [-0.25, -0.2) is 8.42 Å². The lowest BCUT2D eigenvalue weighted by atomic mass is 9.92. The van der Waals surface area contributed by atoms with Crippen LogP contribution < -0.4 is 11.1 Å². The van der Waals surface area contributed by atoms with Crippen LogP contribution in [0.1, 0.15) is 56.1 Å². The zero-order valence-corrected chi connectivity index (χ0v) is 20.8. The summed E-state index contributed by atoms with van der Waals surface area (Å²) in [5.74, 6) is -0.423. The van der Waals surface area contributed by atoms with Crippen molar-refractivity contribution in [1.29, 1.82) is 0 Å². The van der Waals surface area contributed by atoms with Gasteiger partial charge in [0, 0.05) is 32.1 Å². The minimum Gasteiger partial charge on any atom is -0.369 e. The Morgan fingerprint density at radius 1 is 0.971 bits per heavy atom. The van der Waals surface area contributed by atoms with Crippen molar-refractivity contribution >= 4 is 21.8 Å². The number of fused-ring (bicyclic) bond motifs is 1. The van der Waals surface area contributed by atoms with Gasteiger partial charge in [0.05, 0.1) is 10.8 Å². The minimum atomic E-state index is -3.53. The number of carbonyl (C=O) groups is 2. The highest BCUT2D eigenvalue weighted by Crippen LogP contribution is 2.28. The molecule has 34 heavy (non-hydrogen) atoms. The van der Waals surface area contributed by atoms with E-state index in [1.165, 1.54) is 16.3 Å². The van der Waals surface area contributed by atoms with Crippen molar-refractivity contribution in [1.82, 2.24) is 14.5 Å². The molecule has 2 heterocycles. The first-order valence-corrected chi connectivity index (χ1v) is 14.2. The Labute approximate surface area is 203 Å². The molecule has 2 amide bonds. The summed E-state index contributed by atoms with van der Waals surface area (Å²) in [4.78, 5) is 26.7. The number of carbonyl (C=O) groups excluding carboxylic acids is 2. The topological polar surface area (TPSA) is 113 Å². The number of nitrogens with zero attached hydrogens (tertiary/aromatic N) is 2. The van der Waals surface area contributed by atoms with E-state index in [-0.39, 0.29) is 23.7 Å². The summed E-state index contributed by atoms with van der Waals surface area (Å²) in [6, 6.07) is 5.57. The molecule has 0 aromatic heterocycles. The van der Waals surface area contributed by atoms with Gasteiger partial charge in [-0.15, -0.1) is 0 Å². The van der Waals surface area contributed by atoms with Gasteiger partial charge >= 0.3 is 0 Å². The molecule has 1 aromatic carbocycles. The highest BCUT2D eigenvalue weighted by molar-refractivity contribution is 7.89. The molecule has 3 aliphatic rings. The third-order valence-electron chi connectivity index (χ3n) is 7.64. The standard InChI is InChI=1S/C25H38N4O4S/c26-24(30)22-7-3-13-28(18-22)14-4-12-27-25(31)20-10-15-29(16-11-20)34(32,33)23-9-8-19-5-1-2-6-21(19)17-23/h8-9,17,20,22H,1-7,10-16,18H2,(H2,26,30)(H,27,31). The second-order valence-corrected chi connectivity index (χ2v) is 11.9. The van der Waals surface area contributed by atoms with Crippen LogP contribution in [-0.4, -0.2) is 68.7 Å². The number of primary amides is 1. The van der Waals surface area contributed by atoms with Gasteiger partial charge in [-0.1, -0.05) is 6.07 Å². The number of hydrogen-bond donors (Lipinski definition) is 2. The van der Waals surface area contributed by atoms with Crippen LogP contribution in [0, 0.1) is 11.8 Å². The SMILES string of the molecule is NC(=O)C1CCCN(CCCNC(=O)C2CCN(S(=O)(=O)c3ccc4c(c3)CCCC4)CC2)C1. The Morgan fingerprint density at radius 3 is 2.44 bits per heavy atom. The molecule has 1 aliphatic carbocycles. The molecule has 1 atom stereocenters. The van der Waals surface area contributed by atoms with E-state index in [0.29, 0.717) is 43.9 Å². The third-order valence-corrected chi connectivity index (χ3v) is 9.54. The summed E-state index contributed by atoms with van der Waals surface area (Å²) in [7, 11) is -3.53. The Morgan fingerprint density at radius 2 is 1.71 bits per heavy atom. The monoisotopic (exact) mass is 490 g/mol. The van der Waals surface area contributed by atoms with E-state index in [2.05, 4.69) is 10.2 Å². The molecule has 2 aliphatic heterocycles. The molecule has 2 fully saturated rings. The van der Waals surface area contributed by atoms with Gasteiger partial charge in [-0.2, -0.15) is 4.31 Å². The van der Waals surface area contributed by atoms with Gasteiger partial charge in [-0.3, -0.25) is 9.59 Å². The van der Waals surface area contributed by atoms with E-state index in [1.807, 2.05) is 12.1 Å². The second kappa shape index (κ2) is 11.2. The number of piperidine rings is 2. The minimum absolute atomic E-state index is 0.0134. The summed E-state index contributed by atoms with van der Waals surface area (Å²) in [5.41, 5.74) is 7.87. The number of rotatable bonds is 8. The first-order chi connectivity index (χ1) is 16.3. The van der Waals surface area contributed by atoms with Crippen molar-refractivity contribution in [2.75, 3.05) is 39.3 Å².